The molecule has 0 bridgehead atoms. The molecule has 0 radical (unpaired) electrons. The van der Waals surface area contributed by atoms with Crippen LogP contribution < -0.4 is 15.4 Å². The Kier molecular flexibility index (Phi) is 6.22. The number of rotatable bonds is 6. The largest absolute Gasteiger partial charge is 0.492 e. The van der Waals surface area contributed by atoms with Gasteiger partial charge in [-0.2, -0.15) is 0 Å². The molecule has 0 aliphatic rings. The highest BCUT2D eigenvalue weighted by Crippen LogP contribution is 2.27. The number of halogens is 2. The molecule has 0 unspecified atom stereocenters. The Morgan fingerprint density at radius 1 is 1.17 bits per heavy atom. The number of anilines is 1. The lowest BCUT2D eigenvalue weighted by molar-refractivity contribution is -0.384. The van der Waals surface area contributed by atoms with Crippen molar-refractivity contribution in [2.75, 3.05) is 18.5 Å². The fraction of sp³-hybridized carbons (Fsp3) is 0.133. The SMILES string of the molecule is O=C(NCCOc1ccc(Cl)cc1)Nc1ccc(Cl)c([N+](=O)[O-])c1. The Labute approximate surface area is 147 Å². The summed E-state index contributed by atoms with van der Waals surface area (Å²) in [6.07, 6.45) is 0. The van der Waals surface area contributed by atoms with Gasteiger partial charge in [-0.1, -0.05) is 23.2 Å². The van der Waals surface area contributed by atoms with Crippen LogP contribution in [-0.4, -0.2) is 24.1 Å². The number of nitrogens with one attached hydrogen (secondary N) is 2. The fourth-order valence-electron chi connectivity index (χ4n) is 1.77. The van der Waals surface area contributed by atoms with Crippen molar-refractivity contribution in [3.63, 3.8) is 0 Å². The molecule has 2 N–H and O–H groups in total. The normalized spacial score (nSPS) is 10.1. The molecule has 0 aliphatic carbocycles. The van der Waals surface area contributed by atoms with Crippen molar-refractivity contribution in [3.8, 4) is 5.75 Å². The average Bonchev–Trinajstić information content (AvgIpc) is 2.55. The van der Waals surface area contributed by atoms with Gasteiger partial charge in [-0.25, -0.2) is 4.79 Å². The van der Waals surface area contributed by atoms with Crippen LogP contribution in [0.25, 0.3) is 0 Å². The number of carbonyl (C=O) groups excluding carboxylic acids is 1. The van der Waals surface area contributed by atoms with Crippen LogP contribution in [0.4, 0.5) is 16.2 Å². The van der Waals surface area contributed by atoms with E-state index < -0.39 is 11.0 Å². The lowest BCUT2D eigenvalue weighted by atomic mass is 10.3. The topological polar surface area (TPSA) is 93.5 Å². The molecule has 2 amide bonds. The lowest BCUT2D eigenvalue weighted by Crippen LogP contribution is -2.32. The molecular weight excluding hydrogens is 357 g/mol. The molecule has 126 valence electrons. The van der Waals surface area contributed by atoms with Crippen molar-refractivity contribution in [1.82, 2.24) is 5.32 Å². The van der Waals surface area contributed by atoms with Crippen molar-refractivity contribution in [2.24, 2.45) is 0 Å². The number of carbonyl (C=O) groups is 1. The van der Waals surface area contributed by atoms with E-state index in [4.69, 9.17) is 27.9 Å². The van der Waals surface area contributed by atoms with Gasteiger partial charge in [0.1, 0.15) is 17.4 Å². The lowest BCUT2D eigenvalue weighted by Gasteiger charge is -2.09. The highest BCUT2D eigenvalue weighted by atomic mass is 35.5. The number of nitro groups is 1. The molecular formula is C15H13Cl2N3O4. The third-order valence-electron chi connectivity index (χ3n) is 2.87. The molecule has 0 heterocycles. The van der Waals surface area contributed by atoms with Crippen LogP contribution in [0.1, 0.15) is 0 Å². The van der Waals surface area contributed by atoms with Crippen molar-refractivity contribution in [2.45, 2.75) is 0 Å². The molecule has 0 aliphatic heterocycles. The van der Waals surface area contributed by atoms with Crippen LogP contribution in [0.2, 0.25) is 10.0 Å². The van der Waals surface area contributed by atoms with Gasteiger partial charge in [-0.15, -0.1) is 0 Å². The molecule has 2 aromatic carbocycles. The number of hydrogen-bond acceptors (Lipinski definition) is 4. The maximum Gasteiger partial charge on any atom is 0.319 e. The van der Waals surface area contributed by atoms with Crippen LogP contribution in [0.3, 0.4) is 0 Å². The van der Waals surface area contributed by atoms with Gasteiger partial charge in [0.2, 0.25) is 0 Å². The van der Waals surface area contributed by atoms with E-state index in [1.165, 1.54) is 18.2 Å². The van der Waals surface area contributed by atoms with E-state index in [0.29, 0.717) is 10.8 Å². The third-order valence-corrected chi connectivity index (χ3v) is 3.44. The van der Waals surface area contributed by atoms with Gasteiger partial charge in [-0.3, -0.25) is 10.1 Å². The number of ether oxygens (including phenoxy) is 1. The fourth-order valence-corrected chi connectivity index (χ4v) is 2.08. The van der Waals surface area contributed by atoms with Gasteiger partial charge in [0.25, 0.3) is 5.69 Å². The Morgan fingerprint density at radius 3 is 2.54 bits per heavy atom. The van der Waals surface area contributed by atoms with Gasteiger partial charge < -0.3 is 15.4 Å². The summed E-state index contributed by atoms with van der Waals surface area (Å²) in [7, 11) is 0. The molecule has 0 saturated carbocycles. The summed E-state index contributed by atoms with van der Waals surface area (Å²) in [4.78, 5) is 21.9. The van der Waals surface area contributed by atoms with Crippen LogP contribution in [0.15, 0.2) is 42.5 Å². The van der Waals surface area contributed by atoms with E-state index in [1.807, 2.05) is 0 Å². The quantitative estimate of drug-likeness (QED) is 0.455. The third kappa shape index (κ3) is 5.29. The number of nitrogens with zero attached hydrogens (tertiary/aromatic N) is 1. The zero-order chi connectivity index (χ0) is 17.5. The summed E-state index contributed by atoms with van der Waals surface area (Å²) in [5.41, 5.74) is -0.0113. The zero-order valence-corrected chi connectivity index (χ0v) is 13.8. The molecule has 0 aromatic heterocycles. The highest BCUT2D eigenvalue weighted by molar-refractivity contribution is 6.32. The first kappa shape index (κ1) is 17.8. The van der Waals surface area contributed by atoms with Gasteiger partial charge in [-0.05, 0) is 36.4 Å². The van der Waals surface area contributed by atoms with Gasteiger partial charge >= 0.3 is 6.03 Å². The molecule has 0 fully saturated rings. The van der Waals surface area contributed by atoms with Gasteiger partial charge in [0.15, 0.2) is 0 Å². The summed E-state index contributed by atoms with van der Waals surface area (Å²) in [6.45, 7) is 0.514. The van der Waals surface area contributed by atoms with Crippen LogP contribution in [0, 0.1) is 10.1 Å². The van der Waals surface area contributed by atoms with Crippen molar-refractivity contribution in [1.29, 1.82) is 0 Å². The molecule has 0 atom stereocenters. The number of amides is 2. The number of benzene rings is 2. The van der Waals surface area contributed by atoms with Crippen LogP contribution in [-0.2, 0) is 0 Å². The number of nitro benzene ring substituents is 1. The summed E-state index contributed by atoms with van der Waals surface area (Å²) in [5, 5.41) is 16.5. The van der Waals surface area contributed by atoms with E-state index in [0.717, 1.165) is 0 Å². The van der Waals surface area contributed by atoms with Gasteiger partial charge in [0.05, 0.1) is 11.5 Å². The second-order valence-corrected chi connectivity index (χ2v) is 5.45. The van der Waals surface area contributed by atoms with Crippen molar-refractivity contribution in [3.05, 3.63) is 62.6 Å². The number of urea groups is 1. The van der Waals surface area contributed by atoms with Crippen LogP contribution >= 0.6 is 23.2 Å². The predicted octanol–water partition coefficient (Wildman–Crippen LogP) is 4.10. The minimum Gasteiger partial charge on any atom is -0.492 e. The Bertz CT molecular complexity index is 738. The van der Waals surface area contributed by atoms with Gasteiger partial charge in [0, 0.05) is 16.8 Å². The standard InChI is InChI=1S/C15H13Cl2N3O4/c16-10-1-4-12(5-2-10)24-8-7-18-15(21)19-11-3-6-13(17)14(9-11)20(22)23/h1-6,9H,7-8H2,(H2,18,19,21). The first-order chi connectivity index (χ1) is 11.5. The summed E-state index contributed by atoms with van der Waals surface area (Å²) in [6, 6.07) is 10.3. The number of hydrogen-bond donors (Lipinski definition) is 2. The smallest absolute Gasteiger partial charge is 0.319 e. The minimum absolute atomic E-state index is 0.00215. The Hall–Kier alpha value is -2.51. The maximum atomic E-state index is 11.7. The molecule has 2 aromatic rings. The first-order valence-corrected chi connectivity index (χ1v) is 7.58. The van der Waals surface area contributed by atoms with Crippen LogP contribution in [0.5, 0.6) is 5.75 Å². The van der Waals surface area contributed by atoms with E-state index in [1.54, 1.807) is 24.3 Å². The molecule has 9 heteroatoms. The average molecular weight is 370 g/mol. The summed E-state index contributed by atoms with van der Waals surface area (Å²) >= 11 is 11.5. The second kappa shape index (κ2) is 8.37. The van der Waals surface area contributed by atoms with E-state index in [-0.39, 0.29) is 29.5 Å². The second-order valence-electron chi connectivity index (χ2n) is 4.61. The van der Waals surface area contributed by atoms with Crippen molar-refractivity contribution < 1.29 is 14.5 Å². The monoisotopic (exact) mass is 369 g/mol. The van der Waals surface area contributed by atoms with Crippen molar-refractivity contribution >= 4 is 40.6 Å². The molecule has 2 rings (SSSR count). The molecule has 0 spiro atoms. The van der Waals surface area contributed by atoms with E-state index >= 15 is 0 Å². The highest BCUT2D eigenvalue weighted by Gasteiger charge is 2.13. The maximum absolute atomic E-state index is 11.7. The molecule has 0 saturated heterocycles. The Morgan fingerprint density at radius 2 is 1.88 bits per heavy atom. The minimum atomic E-state index is -0.620. The van der Waals surface area contributed by atoms with E-state index in [9.17, 15) is 14.9 Å². The first-order valence-electron chi connectivity index (χ1n) is 6.83. The zero-order valence-electron chi connectivity index (χ0n) is 12.3. The van der Waals surface area contributed by atoms with E-state index in [2.05, 4.69) is 10.6 Å². The predicted molar refractivity (Wildman–Crippen MR) is 92.1 cm³/mol. The Balaban J connectivity index is 1.78. The summed E-state index contributed by atoms with van der Waals surface area (Å²) < 4.78 is 5.42. The summed E-state index contributed by atoms with van der Waals surface area (Å²) in [5.74, 6) is 0.634. The molecule has 24 heavy (non-hydrogen) atoms. The molecule has 7 nitrogen and oxygen atoms in total.